The van der Waals surface area contributed by atoms with Gasteiger partial charge in [0, 0.05) is 19.6 Å². The van der Waals surface area contributed by atoms with Crippen molar-refractivity contribution in [1.82, 2.24) is 10.2 Å². The minimum Gasteiger partial charge on any atom is -0.444 e. The van der Waals surface area contributed by atoms with Crippen LogP contribution in [0.2, 0.25) is 0 Å². The van der Waals surface area contributed by atoms with Crippen molar-refractivity contribution >= 4 is 6.09 Å². The quantitative estimate of drug-likeness (QED) is 0.753. The standard InChI is InChI=1S/C10H22N2O2/c1-8(11-5)7-12(6)9(13)14-10(2,3)4/h8,11H,7H2,1-6H3/t8-/m0/s1. The molecule has 1 amide bonds. The number of carbonyl (C=O) groups is 1. The molecule has 0 aliphatic rings. The van der Waals surface area contributed by atoms with E-state index >= 15 is 0 Å². The number of nitrogens with zero attached hydrogens (tertiary/aromatic N) is 1. The molecule has 1 atom stereocenters. The number of hydrogen-bond acceptors (Lipinski definition) is 3. The Morgan fingerprint density at radius 1 is 1.50 bits per heavy atom. The number of ether oxygens (including phenoxy) is 1. The molecule has 4 heteroatoms. The topological polar surface area (TPSA) is 41.6 Å². The third-order valence-electron chi connectivity index (χ3n) is 1.75. The first kappa shape index (κ1) is 13.2. The van der Waals surface area contributed by atoms with Crippen LogP contribution in [0.4, 0.5) is 4.79 Å². The fourth-order valence-corrected chi connectivity index (χ4v) is 0.916. The Labute approximate surface area is 86.6 Å². The van der Waals surface area contributed by atoms with Gasteiger partial charge in [-0.05, 0) is 34.7 Å². The second-order valence-electron chi connectivity index (χ2n) is 4.55. The van der Waals surface area contributed by atoms with Gasteiger partial charge in [-0.15, -0.1) is 0 Å². The minimum absolute atomic E-state index is 0.271. The van der Waals surface area contributed by atoms with E-state index in [1.807, 2.05) is 34.7 Å². The van der Waals surface area contributed by atoms with E-state index in [-0.39, 0.29) is 12.1 Å². The molecule has 14 heavy (non-hydrogen) atoms. The smallest absolute Gasteiger partial charge is 0.410 e. The molecule has 0 radical (unpaired) electrons. The largest absolute Gasteiger partial charge is 0.444 e. The molecule has 0 heterocycles. The lowest BCUT2D eigenvalue weighted by molar-refractivity contribution is 0.0287. The molecule has 0 fully saturated rings. The molecular weight excluding hydrogens is 180 g/mol. The number of rotatable bonds is 3. The van der Waals surface area contributed by atoms with Gasteiger partial charge in [0.1, 0.15) is 5.60 Å². The lowest BCUT2D eigenvalue weighted by Gasteiger charge is -2.26. The highest BCUT2D eigenvalue weighted by molar-refractivity contribution is 5.67. The van der Waals surface area contributed by atoms with Crippen LogP contribution in [0, 0.1) is 0 Å². The highest BCUT2D eigenvalue weighted by Gasteiger charge is 2.20. The van der Waals surface area contributed by atoms with E-state index in [9.17, 15) is 4.79 Å². The molecule has 0 aromatic rings. The molecule has 4 nitrogen and oxygen atoms in total. The molecular formula is C10H22N2O2. The lowest BCUT2D eigenvalue weighted by Crippen LogP contribution is -2.41. The van der Waals surface area contributed by atoms with Crippen LogP contribution < -0.4 is 5.32 Å². The van der Waals surface area contributed by atoms with Crippen LogP contribution >= 0.6 is 0 Å². The zero-order valence-corrected chi connectivity index (χ0v) is 10.0. The summed E-state index contributed by atoms with van der Waals surface area (Å²) in [5, 5.41) is 3.06. The molecule has 0 aromatic heterocycles. The maximum atomic E-state index is 11.5. The first-order valence-corrected chi connectivity index (χ1v) is 4.87. The summed E-state index contributed by atoms with van der Waals surface area (Å²) in [6.45, 7) is 8.24. The predicted octanol–water partition coefficient (Wildman–Crippen LogP) is 1.46. The molecule has 0 aromatic carbocycles. The van der Waals surface area contributed by atoms with Gasteiger partial charge in [0.25, 0.3) is 0 Å². The first-order valence-electron chi connectivity index (χ1n) is 4.87. The third kappa shape index (κ3) is 5.80. The van der Waals surface area contributed by atoms with Gasteiger partial charge in [-0.25, -0.2) is 4.79 Å². The second-order valence-corrected chi connectivity index (χ2v) is 4.55. The maximum Gasteiger partial charge on any atom is 0.410 e. The van der Waals surface area contributed by atoms with Crippen LogP contribution in [-0.2, 0) is 4.74 Å². The van der Waals surface area contributed by atoms with Crippen molar-refractivity contribution in [2.75, 3.05) is 20.6 Å². The predicted molar refractivity (Wildman–Crippen MR) is 57.4 cm³/mol. The minimum atomic E-state index is -0.422. The van der Waals surface area contributed by atoms with E-state index in [2.05, 4.69) is 5.32 Å². The van der Waals surface area contributed by atoms with Gasteiger partial charge < -0.3 is 15.0 Å². The summed E-state index contributed by atoms with van der Waals surface area (Å²) in [6.07, 6.45) is -0.278. The fourth-order valence-electron chi connectivity index (χ4n) is 0.916. The molecule has 0 saturated heterocycles. The fraction of sp³-hybridized carbons (Fsp3) is 0.900. The summed E-state index contributed by atoms with van der Waals surface area (Å²) < 4.78 is 5.20. The summed E-state index contributed by atoms with van der Waals surface area (Å²) >= 11 is 0. The molecule has 0 rings (SSSR count). The number of nitrogens with one attached hydrogen (secondary N) is 1. The summed E-state index contributed by atoms with van der Waals surface area (Å²) in [5.41, 5.74) is -0.422. The van der Waals surface area contributed by atoms with Crippen molar-refractivity contribution in [1.29, 1.82) is 0 Å². The molecule has 0 spiro atoms. The summed E-state index contributed by atoms with van der Waals surface area (Å²) in [5.74, 6) is 0. The van der Waals surface area contributed by atoms with E-state index in [1.165, 1.54) is 0 Å². The zero-order chi connectivity index (χ0) is 11.4. The van der Waals surface area contributed by atoms with Gasteiger partial charge in [-0.3, -0.25) is 0 Å². The van der Waals surface area contributed by atoms with E-state index in [0.717, 1.165) is 0 Å². The maximum absolute atomic E-state index is 11.5. The number of likely N-dealkylation sites (N-methyl/N-ethyl adjacent to an activating group) is 2. The Morgan fingerprint density at radius 2 is 2.00 bits per heavy atom. The van der Waals surface area contributed by atoms with Gasteiger partial charge in [0.05, 0.1) is 0 Å². The molecule has 1 N–H and O–H groups in total. The van der Waals surface area contributed by atoms with Crippen molar-refractivity contribution in [3.8, 4) is 0 Å². The van der Waals surface area contributed by atoms with Crippen molar-refractivity contribution < 1.29 is 9.53 Å². The Balaban J connectivity index is 4.00. The highest BCUT2D eigenvalue weighted by atomic mass is 16.6. The van der Waals surface area contributed by atoms with Gasteiger partial charge in [0.2, 0.25) is 0 Å². The summed E-state index contributed by atoms with van der Waals surface area (Å²) in [6, 6.07) is 0.271. The van der Waals surface area contributed by atoms with Crippen molar-refractivity contribution in [2.24, 2.45) is 0 Å². The van der Waals surface area contributed by atoms with Crippen LogP contribution in [0.25, 0.3) is 0 Å². The highest BCUT2D eigenvalue weighted by Crippen LogP contribution is 2.09. The SMILES string of the molecule is CN[C@@H](C)CN(C)C(=O)OC(C)(C)C. The van der Waals surface area contributed by atoms with E-state index in [4.69, 9.17) is 4.74 Å². The number of hydrogen-bond donors (Lipinski definition) is 1. The zero-order valence-electron chi connectivity index (χ0n) is 10.0. The van der Waals surface area contributed by atoms with Crippen molar-refractivity contribution in [2.45, 2.75) is 39.3 Å². The van der Waals surface area contributed by atoms with Gasteiger partial charge in [-0.1, -0.05) is 0 Å². The van der Waals surface area contributed by atoms with Crippen LogP contribution in [-0.4, -0.2) is 43.3 Å². The average molecular weight is 202 g/mol. The molecule has 0 unspecified atom stereocenters. The molecule has 0 aliphatic carbocycles. The summed E-state index contributed by atoms with van der Waals surface area (Å²) in [7, 11) is 3.61. The molecule has 84 valence electrons. The monoisotopic (exact) mass is 202 g/mol. The van der Waals surface area contributed by atoms with E-state index < -0.39 is 5.60 Å². The number of amides is 1. The molecule has 0 bridgehead atoms. The first-order chi connectivity index (χ1) is 6.26. The Hall–Kier alpha value is -0.770. The van der Waals surface area contributed by atoms with Crippen molar-refractivity contribution in [3.05, 3.63) is 0 Å². The van der Waals surface area contributed by atoms with Crippen LogP contribution in [0.5, 0.6) is 0 Å². The van der Waals surface area contributed by atoms with E-state index in [1.54, 1.807) is 11.9 Å². The molecule has 0 saturated carbocycles. The lowest BCUT2D eigenvalue weighted by atomic mass is 10.2. The van der Waals surface area contributed by atoms with Crippen LogP contribution in [0.1, 0.15) is 27.7 Å². The van der Waals surface area contributed by atoms with Crippen LogP contribution in [0.3, 0.4) is 0 Å². The normalized spacial score (nSPS) is 13.6. The molecule has 0 aliphatic heterocycles. The van der Waals surface area contributed by atoms with Gasteiger partial charge in [0.15, 0.2) is 0 Å². The number of carbonyl (C=O) groups excluding carboxylic acids is 1. The summed E-state index contributed by atoms with van der Waals surface area (Å²) in [4.78, 5) is 13.1. The Morgan fingerprint density at radius 3 is 2.36 bits per heavy atom. The Kier molecular flexibility index (Phi) is 4.91. The van der Waals surface area contributed by atoms with Crippen molar-refractivity contribution in [3.63, 3.8) is 0 Å². The third-order valence-corrected chi connectivity index (χ3v) is 1.75. The van der Waals surface area contributed by atoms with Gasteiger partial charge in [-0.2, -0.15) is 0 Å². The van der Waals surface area contributed by atoms with Crippen LogP contribution in [0.15, 0.2) is 0 Å². The Bertz CT molecular complexity index is 187. The average Bonchev–Trinajstić information content (AvgIpc) is 2.00. The second kappa shape index (κ2) is 5.20. The van der Waals surface area contributed by atoms with E-state index in [0.29, 0.717) is 6.54 Å². The van der Waals surface area contributed by atoms with Gasteiger partial charge >= 0.3 is 6.09 Å².